The van der Waals surface area contributed by atoms with Crippen molar-refractivity contribution in [3.8, 4) is 0 Å². The topological polar surface area (TPSA) is 66.6 Å². The van der Waals surface area contributed by atoms with Gasteiger partial charge in [0.2, 0.25) is 0 Å². The summed E-state index contributed by atoms with van der Waals surface area (Å²) < 4.78 is 38.0. The standard InChI is InChI=1S/C18H23F3N2O2/c1-17(2,3)23(16(24)25)15-9-6-12(10-14(15)22)11-4-7-13(8-5-11)18(19,20)21/h4-8,14-15H,9-10,22H2,1-3H3,(H,24,25)/t14-,15-/m0/s1. The van der Waals surface area contributed by atoms with Crippen LogP contribution in [0.4, 0.5) is 18.0 Å². The first-order valence-corrected chi connectivity index (χ1v) is 8.06. The Kier molecular flexibility index (Phi) is 5.18. The summed E-state index contributed by atoms with van der Waals surface area (Å²) >= 11 is 0. The van der Waals surface area contributed by atoms with E-state index in [1.54, 1.807) is 0 Å². The fourth-order valence-electron chi connectivity index (χ4n) is 3.24. The summed E-state index contributed by atoms with van der Waals surface area (Å²) in [5.74, 6) is 0. The maximum Gasteiger partial charge on any atom is 0.416 e. The highest BCUT2D eigenvalue weighted by molar-refractivity contribution is 5.70. The minimum Gasteiger partial charge on any atom is -0.465 e. The second-order valence-electron chi connectivity index (χ2n) is 7.30. The van der Waals surface area contributed by atoms with Crippen LogP contribution in [0.15, 0.2) is 30.3 Å². The van der Waals surface area contributed by atoms with Crippen molar-refractivity contribution in [2.45, 2.75) is 57.4 Å². The SMILES string of the molecule is CC(C)(C)N(C(=O)O)[C@H]1CC=C(c2ccc(C(F)(F)F)cc2)C[C@@H]1N. The highest BCUT2D eigenvalue weighted by atomic mass is 19.4. The molecular weight excluding hydrogens is 333 g/mol. The Morgan fingerprint density at radius 2 is 1.76 bits per heavy atom. The van der Waals surface area contributed by atoms with Crippen LogP contribution in [0.1, 0.15) is 44.7 Å². The molecule has 0 fully saturated rings. The van der Waals surface area contributed by atoms with Crippen molar-refractivity contribution >= 4 is 11.7 Å². The fraction of sp³-hybridized carbons (Fsp3) is 0.500. The van der Waals surface area contributed by atoms with E-state index in [9.17, 15) is 23.1 Å². The molecule has 0 bridgehead atoms. The lowest BCUT2D eigenvalue weighted by Gasteiger charge is -2.43. The van der Waals surface area contributed by atoms with E-state index in [-0.39, 0.29) is 6.04 Å². The first kappa shape index (κ1) is 19.3. The van der Waals surface area contributed by atoms with E-state index in [0.29, 0.717) is 18.4 Å². The third kappa shape index (κ3) is 4.34. The number of benzene rings is 1. The third-order valence-corrected chi connectivity index (χ3v) is 4.40. The molecule has 3 N–H and O–H groups in total. The molecule has 0 aromatic heterocycles. The summed E-state index contributed by atoms with van der Waals surface area (Å²) in [4.78, 5) is 13.0. The molecule has 0 radical (unpaired) electrons. The predicted octanol–water partition coefficient (Wildman–Crippen LogP) is 4.36. The molecule has 4 nitrogen and oxygen atoms in total. The fourth-order valence-corrected chi connectivity index (χ4v) is 3.24. The second-order valence-corrected chi connectivity index (χ2v) is 7.30. The molecule has 1 aromatic carbocycles. The Balaban J connectivity index is 2.23. The van der Waals surface area contributed by atoms with Crippen molar-refractivity contribution in [2.24, 2.45) is 5.73 Å². The minimum atomic E-state index is -4.37. The first-order valence-electron chi connectivity index (χ1n) is 8.06. The molecular formula is C18H23F3N2O2. The zero-order valence-electron chi connectivity index (χ0n) is 14.5. The van der Waals surface area contributed by atoms with Gasteiger partial charge >= 0.3 is 12.3 Å². The number of rotatable bonds is 2. The van der Waals surface area contributed by atoms with Crippen LogP contribution >= 0.6 is 0 Å². The largest absolute Gasteiger partial charge is 0.465 e. The zero-order valence-corrected chi connectivity index (χ0v) is 14.5. The lowest BCUT2D eigenvalue weighted by Crippen LogP contribution is -2.58. The van der Waals surface area contributed by atoms with Gasteiger partial charge in [-0.05, 0) is 56.9 Å². The number of alkyl halides is 3. The van der Waals surface area contributed by atoms with Crippen LogP contribution in [0, 0.1) is 0 Å². The highest BCUT2D eigenvalue weighted by Gasteiger charge is 2.38. The van der Waals surface area contributed by atoms with Gasteiger partial charge in [0.05, 0.1) is 11.6 Å². The maximum absolute atomic E-state index is 12.7. The number of halogens is 3. The molecule has 0 spiro atoms. The summed E-state index contributed by atoms with van der Waals surface area (Å²) in [5.41, 5.74) is 6.46. The molecule has 2 atom stereocenters. The van der Waals surface area contributed by atoms with Crippen LogP contribution in [-0.4, -0.2) is 33.7 Å². The predicted molar refractivity (Wildman–Crippen MR) is 90.0 cm³/mol. The molecule has 2 rings (SSSR count). The van der Waals surface area contributed by atoms with Gasteiger partial charge in [-0.3, -0.25) is 4.90 Å². The van der Waals surface area contributed by atoms with E-state index in [0.717, 1.165) is 17.7 Å². The molecule has 1 aliphatic rings. The summed E-state index contributed by atoms with van der Waals surface area (Å²) in [6.45, 7) is 5.43. The molecule has 0 heterocycles. The van der Waals surface area contributed by atoms with Crippen molar-refractivity contribution in [3.05, 3.63) is 41.5 Å². The van der Waals surface area contributed by atoms with Gasteiger partial charge in [-0.15, -0.1) is 0 Å². The average Bonchev–Trinajstić information content (AvgIpc) is 2.46. The van der Waals surface area contributed by atoms with E-state index in [2.05, 4.69) is 0 Å². The van der Waals surface area contributed by atoms with Gasteiger partial charge in [-0.25, -0.2) is 4.79 Å². The van der Waals surface area contributed by atoms with Gasteiger partial charge in [0, 0.05) is 11.6 Å². The number of carboxylic acid groups (broad SMARTS) is 1. The van der Waals surface area contributed by atoms with E-state index >= 15 is 0 Å². The first-order chi connectivity index (χ1) is 11.4. The number of hydrogen-bond donors (Lipinski definition) is 2. The van der Waals surface area contributed by atoms with E-state index in [1.165, 1.54) is 17.0 Å². The Morgan fingerprint density at radius 3 is 2.16 bits per heavy atom. The summed E-state index contributed by atoms with van der Waals surface area (Å²) in [5, 5.41) is 9.51. The van der Waals surface area contributed by atoms with Crippen molar-refractivity contribution in [1.29, 1.82) is 0 Å². The van der Waals surface area contributed by atoms with Crippen molar-refractivity contribution < 1.29 is 23.1 Å². The Morgan fingerprint density at radius 1 is 1.20 bits per heavy atom. The lowest BCUT2D eigenvalue weighted by atomic mass is 9.85. The quantitative estimate of drug-likeness (QED) is 0.827. The molecule has 0 saturated heterocycles. The van der Waals surface area contributed by atoms with Gasteiger partial charge < -0.3 is 10.8 Å². The molecule has 0 saturated carbocycles. The van der Waals surface area contributed by atoms with Gasteiger partial charge in [-0.1, -0.05) is 18.2 Å². The van der Waals surface area contributed by atoms with E-state index < -0.39 is 29.4 Å². The zero-order chi connectivity index (χ0) is 19.0. The monoisotopic (exact) mass is 356 g/mol. The lowest BCUT2D eigenvalue weighted by molar-refractivity contribution is -0.137. The molecule has 1 amide bonds. The van der Waals surface area contributed by atoms with Crippen molar-refractivity contribution in [2.75, 3.05) is 0 Å². The summed E-state index contributed by atoms with van der Waals surface area (Å²) in [7, 11) is 0. The van der Waals surface area contributed by atoms with Gasteiger partial charge in [0.1, 0.15) is 0 Å². The van der Waals surface area contributed by atoms with Crippen molar-refractivity contribution in [1.82, 2.24) is 4.90 Å². The smallest absolute Gasteiger partial charge is 0.416 e. The van der Waals surface area contributed by atoms with Crippen LogP contribution in [-0.2, 0) is 6.18 Å². The molecule has 138 valence electrons. The molecule has 25 heavy (non-hydrogen) atoms. The van der Waals surface area contributed by atoms with Gasteiger partial charge in [0.25, 0.3) is 0 Å². The van der Waals surface area contributed by atoms with Gasteiger partial charge in [0.15, 0.2) is 0 Å². The number of nitrogens with zero attached hydrogens (tertiary/aromatic N) is 1. The van der Waals surface area contributed by atoms with Crippen LogP contribution in [0.5, 0.6) is 0 Å². The van der Waals surface area contributed by atoms with Crippen LogP contribution < -0.4 is 5.73 Å². The van der Waals surface area contributed by atoms with Crippen LogP contribution in [0.25, 0.3) is 5.57 Å². The molecule has 0 unspecified atom stereocenters. The number of carbonyl (C=O) groups is 1. The van der Waals surface area contributed by atoms with Crippen LogP contribution in [0.3, 0.4) is 0 Å². The summed E-state index contributed by atoms with van der Waals surface area (Å²) in [6, 6.07) is 4.17. The second kappa shape index (κ2) is 6.71. The van der Waals surface area contributed by atoms with E-state index in [4.69, 9.17) is 5.73 Å². The summed E-state index contributed by atoms with van der Waals surface area (Å²) in [6.07, 6.45) is -2.68. The Labute approximate surface area is 145 Å². The Hall–Kier alpha value is -2.02. The maximum atomic E-state index is 12.7. The van der Waals surface area contributed by atoms with E-state index in [1.807, 2.05) is 26.8 Å². The molecule has 1 aliphatic carbocycles. The Bertz CT molecular complexity index is 660. The van der Waals surface area contributed by atoms with Crippen molar-refractivity contribution in [3.63, 3.8) is 0 Å². The molecule has 1 aromatic rings. The normalized spacial score (nSPS) is 21.6. The molecule has 0 aliphatic heterocycles. The number of hydrogen-bond acceptors (Lipinski definition) is 2. The van der Waals surface area contributed by atoms with Gasteiger partial charge in [-0.2, -0.15) is 13.2 Å². The van der Waals surface area contributed by atoms with Crippen LogP contribution in [0.2, 0.25) is 0 Å². The number of amides is 1. The molecule has 7 heteroatoms. The minimum absolute atomic E-state index is 0.365. The highest BCUT2D eigenvalue weighted by Crippen LogP contribution is 2.34. The average molecular weight is 356 g/mol. The number of nitrogens with two attached hydrogens (primary N) is 1. The third-order valence-electron chi connectivity index (χ3n) is 4.40.